The fourth-order valence-corrected chi connectivity index (χ4v) is 2.31. The Kier molecular flexibility index (Phi) is 2.96. The van der Waals surface area contributed by atoms with Crippen LogP contribution in [-0.4, -0.2) is 32.0 Å². The van der Waals surface area contributed by atoms with Crippen LogP contribution < -0.4 is 10.0 Å². The number of rotatable bonds is 4. The first-order chi connectivity index (χ1) is 7.94. The van der Waals surface area contributed by atoms with Gasteiger partial charge in [0.15, 0.2) is 0 Å². The number of nitrogens with zero attached hydrogens (tertiary/aromatic N) is 1. The van der Waals surface area contributed by atoms with Gasteiger partial charge in [-0.3, -0.25) is 4.79 Å². The van der Waals surface area contributed by atoms with Gasteiger partial charge in [-0.15, -0.1) is 0 Å². The van der Waals surface area contributed by atoms with Crippen molar-refractivity contribution < 1.29 is 13.2 Å². The van der Waals surface area contributed by atoms with Crippen LogP contribution in [0.5, 0.6) is 0 Å². The second kappa shape index (κ2) is 4.15. The number of aromatic nitrogens is 1. The summed E-state index contributed by atoms with van der Waals surface area (Å²) in [5.74, 6) is -0.229. The summed E-state index contributed by atoms with van der Waals surface area (Å²) in [4.78, 5) is 11.9. The summed E-state index contributed by atoms with van der Waals surface area (Å²) in [6, 6.07) is 1.63. The zero-order valence-electron chi connectivity index (χ0n) is 9.73. The SMILES string of the molecule is CNS(=O)(=O)c1cc(C(=O)NC2CC2)n(C)c1. The van der Waals surface area contributed by atoms with Gasteiger partial charge >= 0.3 is 0 Å². The molecular weight excluding hydrogens is 242 g/mol. The molecule has 1 heterocycles. The highest BCUT2D eigenvalue weighted by Gasteiger charge is 2.26. The number of carbonyl (C=O) groups excluding carboxylic acids is 1. The second-order valence-electron chi connectivity index (χ2n) is 4.13. The molecule has 2 rings (SSSR count). The van der Waals surface area contributed by atoms with E-state index in [4.69, 9.17) is 0 Å². The van der Waals surface area contributed by atoms with Gasteiger partial charge in [0.1, 0.15) is 10.6 Å². The standard InChI is InChI=1S/C10H15N3O3S/c1-11-17(15,16)8-5-9(13(2)6-8)10(14)12-7-3-4-7/h5-7,11H,3-4H2,1-2H3,(H,12,14). The van der Waals surface area contributed by atoms with Crippen LogP contribution in [0.1, 0.15) is 23.3 Å². The van der Waals surface area contributed by atoms with Crippen molar-refractivity contribution in [2.24, 2.45) is 7.05 Å². The van der Waals surface area contributed by atoms with Gasteiger partial charge in [0.05, 0.1) is 0 Å². The number of hydrogen-bond acceptors (Lipinski definition) is 3. The normalized spacial score (nSPS) is 15.9. The maximum absolute atomic E-state index is 11.8. The summed E-state index contributed by atoms with van der Waals surface area (Å²) < 4.78 is 26.9. The molecule has 2 N–H and O–H groups in total. The molecule has 0 unspecified atom stereocenters. The van der Waals surface area contributed by atoms with Gasteiger partial charge in [-0.1, -0.05) is 0 Å². The number of hydrogen-bond donors (Lipinski definition) is 2. The molecule has 94 valence electrons. The molecule has 0 atom stereocenters. The fourth-order valence-electron chi connectivity index (χ4n) is 1.51. The third-order valence-corrected chi connectivity index (χ3v) is 4.09. The zero-order valence-corrected chi connectivity index (χ0v) is 10.5. The molecule has 1 aliphatic rings. The van der Waals surface area contributed by atoms with E-state index in [0.717, 1.165) is 12.8 Å². The van der Waals surface area contributed by atoms with E-state index in [1.807, 2.05) is 0 Å². The van der Waals surface area contributed by atoms with Crippen LogP contribution in [-0.2, 0) is 17.1 Å². The van der Waals surface area contributed by atoms with Gasteiger partial charge in [-0.05, 0) is 26.0 Å². The highest BCUT2D eigenvalue weighted by molar-refractivity contribution is 7.89. The molecule has 1 amide bonds. The van der Waals surface area contributed by atoms with Crippen molar-refractivity contribution >= 4 is 15.9 Å². The van der Waals surface area contributed by atoms with Crippen LogP contribution in [0.15, 0.2) is 17.2 Å². The predicted molar refractivity (Wildman–Crippen MR) is 62.1 cm³/mol. The molecular formula is C10H15N3O3S. The number of sulfonamides is 1. The summed E-state index contributed by atoms with van der Waals surface area (Å²) in [5, 5.41) is 2.82. The molecule has 0 spiro atoms. The number of carbonyl (C=O) groups is 1. The molecule has 6 nitrogen and oxygen atoms in total. The minimum absolute atomic E-state index is 0.100. The van der Waals surface area contributed by atoms with Crippen LogP contribution in [0, 0.1) is 0 Å². The molecule has 1 aromatic rings. The minimum atomic E-state index is -3.50. The quantitative estimate of drug-likeness (QED) is 0.785. The first kappa shape index (κ1) is 12.1. The number of amides is 1. The first-order valence-corrected chi connectivity index (χ1v) is 6.83. The van der Waals surface area contributed by atoms with Crippen molar-refractivity contribution in [3.8, 4) is 0 Å². The highest BCUT2D eigenvalue weighted by atomic mass is 32.2. The van der Waals surface area contributed by atoms with Crippen LogP contribution >= 0.6 is 0 Å². The average molecular weight is 257 g/mol. The van der Waals surface area contributed by atoms with Gasteiger partial charge in [0, 0.05) is 19.3 Å². The monoisotopic (exact) mass is 257 g/mol. The maximum Gasteiger partial charge on any atom is 0.268 e. The average Bonchev–Trinajstić information content (AvgIpc) is 2.98. The van der Waals surface area contributed by atoms with Crippen molar-refractivity contribution in [2.45, 2.75) is 23.8 Å². The summed E-state index contributed by atoms with van der Waals surface area (Å²) in [5.41, 5.74) is 0.353. The Morgan fingerprint density at radius 3 is 2.65 bits per heavy atom. The Morgan fingerprint density at radius 1 is 1.47 bits per heavy atom. The molecule has 7 heteroatoms. The molecule has 0 saturated heterocycles. The first-order valence-electron chi connectivity index (χ1n) is 5.35. The molecule has 0 aliphatic heterocycles. The van der Waals surface area contributed by atoms with Crippen molar-refractivity contribution in [3.63, 3.8) is 0 Å². The lowest BCUT2D eigenvalue weighted by Crippen LogP contribution is -2.27. The van der Waals surface area contributed by atoms with E-state index in [2.05, 4.69) is 10.0 Å². The van der Waals surface area contributed by atoms with Crippen LogP contribution in [0.25, 0.3) is 0 Å². The number of nitrogens with one attached hydrogen (secondary N) is 2. The van der Waals surface area contributed by atoms with Crippen LogP contribution in [0.2, 0.25) is 0 Å². The second-order valence-corrected chi connectivity index (χ2v) is 6.01. The smallest absolute Gasteiger partial charge is 0.268 e. The number of aryl methyl sites for hydroxylation is 1. The van der Waals surface area contributed by atoms with Gasteiger partial charge in [-0.2, -0.15) is 0 Å². The van der Waals surface area contributed by atoms with E-state index in [1.165, 1.54) is 23.9 Å². The molecule has 1 saturated carbocycles. The Bertz CT molecular complexity index is 543. The fraction of sp³-hybridized carbons (Fsp3) is 0.500. The van der Waals surface area contributed by atoms with E-state index in [-0.39, 0.29) is 16.8 Å². The highest BCUT2D eigenvalue weighted by Crippen LogP contribution is 2.20. The van der Waals surface area contributed by atoms with Gasteiger partial charge in [0.2, 0.25) is 10.0 Å². The van der Waals surface area contributed by atoms with Gasteiger partial charge in [-0.25, -0.2) is 13.1 Å². The Morgan fingerprint density at radius 2 is 2.12 bits per heavy atom. The van der Waals surface area contributed by atoms with E-state index in [9.17, 15) is 13.2 Å². The third kappa shape index (κ3) is 2.50. The van der Waals surface area contributed by atoms with E-state index < -0.39 is 10.0 Å². The summed E-state index contributed by atoms with van der Waals surface area (Å²) in [6.07, 6.45) is 3.42. The molecule has 17 heavy (non-hydrogen) atoms. The maximum atomic E-state index is 11.8. The molecule has 0 radical (unpaired) electrons. The molecule has 1 fully saturated rings. The zero-order chi connectivity index (χ0) is 12.6. The third-order valence-electron chi connectivity index (χ3n) is 2.70. The Labute approximate surface area is 100 Å². The lowest BCUT2D eigenvalue weighted by Gasteiger charge is -2.03. The summed E-state index contributed by atoms with van der Waals surface area (Å²) in [6.45, 7) is 0. The largest absolute Gasteiger partial charge is 0.348 e. The van der Waals surface area contributed by atoms with E-state index in [0.29, 0.717) is 5.69 Å². The lowest BCUT2D eigenvalue weighted by atomic mass is 10.4. The molecule has 0 aromatic carbocycles. The summed E-state index contributed by atoms with van der Waals surface area (Å²) in [7, 11) is -0.508. The lowest BCUT2D eigenvalue weighted by molar-refractivity contribution is 0.0943. The van der Waals surface area contributed by atoms with Crippen molar-refractivity contribution in [2.75, 3.05) is 7.05 Å². The van der Waals surface area contributed by atoms with Crippen molar-refractivity contribution in [3.05, 3.63) is 18.0 Å². The van der Waals surface area contributed by atoms with Gasteiger partial charge < -0.3 is 9.88 Å². The van der Waals surface area contributed by atoms with E-state index >= 15 is 0 Å². The Hall–Kier alpha value is -1.34. The summed E-state index contributed by atoms with van der Waals surface area (Å²) >= 11 is 0. The molecule has 0 bridgehead atoms. The van der Waals surface area contributed by atoms with Gasteiger partial charge in [0.25, 0.3) is 5.91 Å². The molecule has 1 aromatic heterocycles. The van der Waals surface area contributed by atoms with Crippen molar-refractivity contribution in [1.29, 1.82) is 0 Å². The minimum Gasteiger partial charge on any atom is -0.348 e. The van der Waals surface area contributed by atoms with Crippen LogP contribution in [0.4, 0.5) is 0 Å². The topological polar surface area (TPSA) is 80.2 Å². The van der Waals surface area contributed by atoms with Crippen LogP contribution in [0.3, 0.4) is 0 Å². The van der Waals surface area contributed by atoms with Crippen molar-refractivity contribution in [1.82, 2.24) is 14.6 Å². The van der Waals surface area contributed by atoms with E-state index in [1.54, 1.807) is 7.05 Å². The Balaban J connectivity index is 2.26. The predicted octanol–water partition coefficient (Wildman–Crippen LogP) is -0.175. The molecule has 1 aliphatic carbocycles.